The number of carbonyl (C=O) groups excluding carboxylic acids is 1. The molecule has 21 heavy (non-hydrogen) atoms. The van der Waals surface area contributed by atoms with Crippen molar-refractivity contribution < 1.29 is 13.2 Å². The van der Waals surface area contributed by atoms with E-state index in [-0.39, 0.29) is 10.8 Å². The third kappa shape index (κ3) is 3.42. The Labute approximate surface area is 125 Å². The van der Waals surface area contributed by atoms with Gasteiger partial charge < -0.3 is 10.6 Å². The summed E-state index contributed by atoms with van der Waals surface area (Å²) >= 11 is 0. The first-order chi connectivity index (χ1) is 9.73. The van der Waals surface area contributed by atoms with Gasteiger partial charge in [-0.2, -0.15) is 4.31 Å². The number of carbonyl (C=O) groups is 1. The second kappa shape index (κ2) is 5.75. The summed E-state index contributed by atoms with van der Waals surface area (Å²) < 4.78 is 27.0. The van der Waals surface area contributed by atoms with E-state index in [2.05, 4.69) is 10.6 Å². The van der Waals surface area contributed by atoms with Crippen LogP contribution in [0, 0.1) is 0 Å². The second-order valence-electron chi connectivity index (χ2n) is 5.77. The minimum Gasteiger partial charge on any atom is -0.326 e. The Morgan fingerprint density at radius 1 is 1.29 bits per heavy atom. The van der Waals surface area contributed by atoms with Crippen LogP contribution in [0.3, 0.4) is 0 Å². The zero-order valence-corrected chi connectivity index (χ0v) is 13.3. The Kier molecular flexibility index (Phi) is 4.36. The second-order valence-corrected chi connectivity index (χ2v) is 7.63. The van der Waals surface area contributed by atoms with Crippen molar-refractivity contribution in [2.45, 2.75) is 31.2 Å². The van der Waals surface area contributed by atoms with Crippen LogP contribution in [0.4, 0.5) is 5.69 Å². The summed E-state index contributed by atoms with van der Waals surface area (Å²) in [6, 6.07) is 6.25. The number of rotatable bonds is 3. The van der Waals surface area contributed by atoms with E-state index >= 15 is 0 Å². The van der Waals surface area contributed by atoms with Gasteiger partial charge in [-0.25, -0.2) is 8.42 Å². The standard InChI is InChI=1S/C14H21N3O3S/c1-11(18)16-12-4-6-13(7-5-12)21(19,20)17-9-8-15-10-14(17,2)3/h4-7,15H,8-10H2,1-3H3,(H,16,18). The van der Waals surface area contributed by atoms with Gasteiger partial charge in [-0.15, -0.1) is 0 Å². The summed E-state index contributed by atoms with van der Waals surface area (Å²) in [4.78, 5) is 11.2. The third-order valence-corrected chi connectivity index (χ3v) is 5.61. The maximum Gasteiger partial charge on any atom is 0.243 e. The van der Waals surface area contributed by atoms with Crippen LogP contribution in [-0.2, 0) is 14.8 Å². The average Bonchev–Trinajstić information content (AvgIpc) is 2.37. The van der Waals surface area contributed by atoms with E-state index in [4.69, 9.17) is 0 Å². The molecule has 0 unspecified atom stereocenters. The first-order valence-corrected chi connectivity index (χ1v) is 8.29. The van der Waals surface area contributed by atoms with Crippen LogP contribution in [0.2, 0.25) is 0 Å². The fourth-order valence-electron chi connectivity index (χ4n) is 2.45. The van der Waals surface area contributed by atoms with Gasteiger partial charge >= 0.3 is 0 Å². The van der Waals surface area contributed by atoms with E-state index in [1.807, 2.05) is 13.8 Å². The average molecular weight is 311 g/mol. The lowest BCUT2D eigenvalue weighted by Gasteiger charge is -2.41. The Bertz CT molecular complexity index is 623. The molecule has 7 heteroatoms. The SMILES string of the molecule is CC(=O)Nc1ccc(S(=O)(=O)N2CCNCC2(C)C)cc1. The molecule has 1 heterocycles. The minimum absolute atomic E-state index is 0.186. The summed E-state index contributed by atoms with van der Waals surface area (Å²) in [5.41, 5.74) is 0.119. The van der Waals surface area contributed by atoms with Crippen molar-refractivity contribution in [3.63, 3.8) is 0 Å². The Morgan fingerprint density at radius 3 is 2.43 bits per heavy atom. The molecule has 6 nitrogen and oxygen atoms in total. The normalized spacial score (nSPS) is 19.2. The molecule has 0 aliphatic carbocycles. The van der Waals surface area contributed by atoms with Gasteiger partial charge in [0.1, 0.15) is 0 Å². The van der Waals surface area contributed by atoms with Gasteiger partial charge in [0.05, 0.1) is 4.90 Å². The molecular weight excluding hydrogens is 290 g/mol. The van der Waals surface area contributed by atoms with Crippen molar-refractivity contribution in [1.29, 1.82) is 0 Å². The molecule has 1 amide bonds. The highest BCUT2D eigenvalue weighted by Crippen LogP contribution is 2.26. The highest BCUT2D eigenvalue weighted by Gasteiger charge is 2.38. The molecule has 0 atom stereocenters. The van der Waals surface area contributed by atoms with Gasteiger partial charge in [0.15, 0.2) is 0 Å². The summed E-state index contributed by atoms with van der Waals surface area (Å²) in [7, 11) is -3.53. The first-order valence-electron chi connectivity index (χ1n) is 6.85. The molecule has 1 saturated heterocycles. The smallest absolute Gasteiger partial charge is 0.243 e. The molecule has 1 fully saturated rings. The van der Waals surface area contributed by atoms with E-state index in [1.54, 1.807) is 12.1 Å². The molecule has 2 rings (SSSR count). The quantitative estimate of drug-likeness (QED) is 0.873. The van der Waals surface area contributed by atoms with Gasteiger partial charge in [0.25, 0.3) is 0 Å². The van der Waals surface area contributed by atoms with Crippen molar-refractivity contribution >= 4 is 21.6 Å². The molecule has 0 bridgehead atoms. The maximum absolute atomic E-state index is 12.7. The molecule has 0 spiro atoms. The van der Waals surface area contributed by atoms with Crippen molar-refractivity contribution in [3.8, 4) is 0 Å². The lowest BCUT2D eigenvalue weighted by Crippen LogP contribution is -2.59. The summed E-state index contributed by atoms with van der Waals surface area (Å²) in [5.74, 6) is -0.186. The predicted octanol–water partition coefficient (Wildman–Crippen LogP) is 1.02. The lowest BCUT2D eigenvalue weighted by atomic mass is 10.0. The molecule has 1 aromatic rings. The van der Waals surface area contributed by atoms with Gasteiger partial charge in [0, 0.05) is 37.8 Å². The molecule has 1 aromatic carbocycles. The summed E-state index contributed by atoms with van der Waals surface area (Å²) in [5, 5.41) is 5.83. The fourth-order valence-corrected chi connectivity index (χ4v) is 4.23. The van der Waals surface area contributed by atoms with Gasteiger partial charge in [-0.05, 0) is 38.1 Å². The van der Waals surface area contributed by atoms with Crippen molar-refractivity contribution in [3.05, 3.63) is 24.3 Å². The number of sulfonamides is 1. The first kappa shape index (κ1) is 15.9. The van der Waals surface area contributed by atoms with Crippen LogP contribution in [0.25, 0.3) is 0 Å². The highest BCUT2D eigenvalue weighted by molar-refractivity contribution is 7.89. The topological polar surface area (TPSA) is 78.5 Å². The lowest BCUT2D eigenvalue weighted by molar-refractivity contribution is -0.114. The number of anilines is 1. The number of amides is 1. The van der Waals surface area contributed by atoms with Gasteiger partial charge in [0.2, 0.25) is 15.9 Å². The molecular formula is C14H21N3O3S. The molecule has 1 aliphatic rings. The number of nitrogens with zero attached hydrogens (tertiary/aromatic N) is 1. The minimum atomic E-state index is -3.53. The van der Waals surface area contributed by atoms with Crippen molar-refractivity contribution in [2.75, 3.05) is 25.0 Å². The molecule has 1 aliphatic heterocycles. The van der Waals surface area contributed by atoms with Crippen LogP contribution < -0.4 is 10.6 Å². The largest absolute Gasteiger partial charge is 0.326 e. The van der Waals surface area contributed by atoms with Crippen LogP contribution in [0.1, 0.15) is 20.8 Å². The predicted molar refractivity (Wildman–Crippen MR) is 81.6 cm³/mol. The van der Waals surface area contributed by atoms with Crippen LogP contribution in [0.15, 0.2) is 29.2 Å². The number of nitrogens with one attached hydrogen (secondary N) is 2. The monoisotopic (exact) mass is 311 g/mol. The third-order valence-electron chi connectivity index (χ3n) is 3.49. The van der Waals surface area contributed by atoms with E-state index in [0.717, 1.165) is 0 Å². The number of benzene rings is 1. The number of piperazine rings is 1. The molecule has 0 aromatic heterocycles. The van der Waals surface area contributed by atoms with Gasteiger partial charge in [-0.3, -0.25) is 4.79 Å². The molecule has 0 saturated carbocycles. The Hall–Kier alpha value is -1.44. The fraction of sp³-hybridized carbons (Fsp3) is 0.500. The van der Waals surface area contributed by atoms with Crippen LogP contribution >= 0.6 is 0 Å². The molecule has 116 valence electrons. The zero-order valence-electron chi connectivity index (χ0n) is 12.5. The summed E-state index contributed by atoms with van der Waals surface area (Å²) in [6.45, 7) is 6.93. The molecule has 2 N–H and O–H groups in total. The van der Waals surface area contributed by atoms with E-state index in [1.165, 1.54) is 23.4 Å². The Morgan fingerprint density at radius 2 is 1.90 bits per heavy atom. The van der Waals surface area contributed by atoms with E-state index < -0.39 is 15.6 Å². The van der Waals surface area contributed by atoms with Crippen LogP contribution in [-0.4, -0.2) is 43.8 Å². The van der Waals surface area contributed by atoms with Crippen molar-refractivity contribution in [1.82, 2.24) is 9.62 Å². The number of hydrogen-bond donors (Lipinski definition) is 2. The summed E-state index contributed by atoms with van der Waals surface area (Å²) in [6.07, 6.45) is 0. The van der Waals surface area contributed by atoms with E-state index in [0.29, 0.717) is 25.3 Å². The van der Waals surface area contributed by atoms with Gasteiger partial charge in [-0.1, -0.05) is 0 Å². The zero-order chi connectivity index (χ0) is 15.7. The maximum atomic E-state index is 12.7. The van der Waals surface area contributed by atoms with Crippen LogP contribution in [0.5, 0.6) is 0 Å². The Balaban J connectivity index is 2.29. The highest BCUT2D eigenvalue weighted by atomic mass is 32.2. The number of hydrogen-bond acceptors (Lipinski definition) is 4. The van der Waals surface area contributed by atoms with E-state index in [9.17, 15) is 13.2 Å². The van der Waals surface area contributed by atoms with Crippen molar-refractivity contribution in [2.24, 2.45) is 0 Å². The molecule has 0 radical (unpaired) electrons.